The molecule has 5 aromatic rings. The molecule has 17 nitrogen and oxygen atoms in total. The van der Waals surface area contributed by atoms with Crippen molar-refractivity contribution in [3.05, 3.63) is 95.5 Å². The first-order chi connectivity index (χ1) is 26.5. The van der Waals surface area contributed by atoms with Crippen LogP contribution in [0.2, 0.25) is 0 Å². The van der Waals surface area contributed by atoms with Crippen molar-refractivity contribution in [1.82, 2.24) is 18.7 Å². The molecule has 0 fully saturated rings. The second kappa shape index (κ2) is 15.2. The summed E-state index contributed by atoms with van der Waals surface area (Å²) in [7, 11) is 6.66. The van der Waals surface area contributed by atoms with E-state index in [4.69, 9.17) is 20.0 Å². The number of primary amides is 1. The molecule has 17 heteroatoms. The third-order valence-electron chi connectivity index (χ3n) is 9.32. The molecule has 5 heterocycles. The summed E-state index contributed by atoms with van der Waals surface area (Å²) >= 11 is 0. The van der Waals surface area contributed by atoms with Crippen LogP contribution in [0.25, 0.3) is 0 Å². The number of benzene rings is 2. The number of ether oxygens (including phenoxy) is 2. The van der Waals surface area contributed by atoms with Crippen molar-refractivity contribution in [2.75, 3.05) is 34.7 Å². The van der Waals surface area contributed by atoms with Crippen LogP contribution in [0.1, 0.15) is 55.6 Å². The zero-order valence-corrected chi connectivity index (χ0v) is 30.7. The number of aryl methyl sites for hydroxylation is 3. The van der Waals surface area contributed by atoms with Crippen molar-refractivity contribution in [2.24, 2.45) is 31.9 Å². The molecule has 4 amide bonds. The number of amides is 4. The number of hydrogen-bond donors (Lipinski definition) is 4. The van der Waals surface area contributed by atoms with Crippen molar-refractivity contribution in [1.29, 1.82) is 0 Å². The van der Waals surface area contributed by atoms with E-state index in [-0.39, 0.29) is 37.5 Å². The summed E-state index contributed by atoms with van der Waals surface area (Å²) in [4.78, 5) is 67.5. The molecule has 0 bridgehead atoms. The maximum Gasteiger partial charge on any atom is 0.273 e. The highest BCUT2D eigenvalue weighted by molar-refractivity contribution is 6.14. The average molecular weight is 749 g/mol. The summed E-state index contributed by atoms with van der Waals surface area (Å²) in [5.41, 5.74) is 12.6. The van der Waals surface area contributed by atoms with Crippen LogP contribution in [0.5, 0.6) is 11.5 Å². The van der Waals surface area contributed by atoms with Crippen LogP contribution < -0.4 is 36.2 Å². The van der Waals surface area contributed by atoms with Crippen molar-refractivity contribution >= 4 is 58.4 Å². The fourth-order valence-corrected chi connectivity index (χ4v) is 6.61. The van der Waals surface area contributed by atoms with E-state index in [0.29, 0.717) is 70.0 Å². The number of hydrogen-bond acceptors (Lipinski definition) is 10. The highest BCUT2D eigenvalue weighted by Crippen LogP contribution is 2.41. The Morgan fingerprint density at radius 1 is 0.927 bits per heavy atom. The maximum absolute atomic E-state index is 13.7. The number of anilines is 4. The summed E-state index contributed by atoms with van der Waals surface area (Å²) in [5, 5.41) is 5.60. The summed E-state index contributed by atoms with van der Waals surface area (Å²) < 4.78 is 16.5. The normalized spacial score (nSPS) is 14.1. The first-order valence-corrected chi connectivity index (χ1v) is 17.4. The average Bonchev–Trinajstić information content (AvgIpc) is 3.90. The molecular weight excluding hydrogens is 708 g/mol. The SMILES string of the molecule is COc1cc2c(cc1OCCCC(=O)Nc1cc(C(=O)Nc3cn(C)c(CONc4cc(C(N)=O)n(C)c4)n3)n(C)c1)N=CC1Cc3ccccc3N1C2=O. The minimum absolute atomic E-state index is 0.0596. The van der Waals surface area contributed by atoms with Crippen molar-refractivity contribution in [2.45, 2.75) is 31.9 Å². The standard InChI is InChI=1S/C38H40N10O7/c1-45-19-24(14-29(45)36(39)50)44-55-21-34-42-33(20-47(34)3)43-37(51)30-13-23(18-46(30)2)41-35(49)10-7-11-54-32-16-27-26(15-31(32)53-4)38(52)48-25(17-40-27)12-22-8-5-6-9-28(22)48/h5-6,8-9,13-20,25,44H,7,10-12,21H2,1-4H3,(H2,39,50)(H,41,49)(H,43,51). The monoisotopic (exact) mass is 748 g/mol. The van der Waals surface area contributed by atoms with Crippen LogP contribution >= 0.6 is 0 Å². The predicted molar refractivity (Wildman–Crippen MR) is 204 cm³/mol. The quantitative estimate of drug-likeness (QED) is 0.0954. The van der Waals surface area contributed by atoms with Gasteiger partial charge in [-0.3, -0.25) is 39.4 Å². The third-order valence-corrected chi connectivity index (χ3v) is 9.32. The lowest BCUT2D eigenvalue weighted by atomic mass is 10.1. The molecule has 2 aromatic carbocycles. The van der Waals surface area contributed by atoms with Crippen molar-refractivity contribution in [3.8, 4) is 11.5 Å². The molecule has 7 rings (SSSR count). The van der Waals surface area contributed by atoms with Gasteiger partial charge in [0.15, 0.2) is 17.3 Å². The molecule has 1 atom stereocenters. The third kappa shape index (κ3) is 7.63. The topological polar surface area (TPSA) is 201 Å². The molecule has 55 heavy (non-hydrogen) atoms. The van der Waals surface area contributed by atoms with Gasteiger partial charge in [-0.2, -0.15) is 0 Å². The molecule has 0 aliphatic carbocycles. The molecule has 0 spiro atoms. The van der Waals surface area contributed by atoms with Crippen LogP contribution in [0.15, 0.2) is 72.1 Å². The van der Waals surface area contributed by atoms with E-state index in [2.05, 4.69) is 26.1 Å². The zero-order chi connectivity index (χ0) is 38.8. The minimum atomic E-state index is -0.557. The zero-order valence-electron chi connectivity index (χ0n) is 30.7. The number of nitrogens with two attached hydrogens (primary N) is 1. The lowest BCUT2D eigenvalue weighted by Crippen LogP contribution is -2.37. The molecule has 2 aliphatic rings. The van der Waals surface area contributed by atoms with Gasteiger partial charge in [-0.15, -0.1) is 0 Å². The van der Waals surface area contributed by atoms with Crippen LogP contribution in [-0.4, -0.2) is 68.3 Å². The van der Waals surface area contributed by atoms with Gasteiger partial charge in [0.1, 0.15) is 23.8 Å². The molecular formula is C38H40N10O7. The number of carbonyl (C=O) groups excluding carboxylic acids is 4. The van der Waals surface area contributed by atoms with E-state index in [1.165, 1.54) is 7.11 Å². The van der Waals surface area contributed by atoms with Gasteiger partial charge in [0, 0.05) is 70.5 Å². The number of nitrogens with one attached hydrogen (secondary N) is 3. The molecule has 5 N–H and O–H groups in total. The first-order valence-electron chi connectivity index (χ1n) is 17.4. The van der Waals surface area contributed by atoms with Gasteiger partial charge in [0.2, 0.25) is 5.91 Å². The minimum Gasteiger partial charge on any atom is -0.493 e. The summed E-state index contributed by atoms with van der Waals surface area (Å²) in [6.45, 7) is 0.268. The van der Waals surface area contributed by atoms with Gasteiger partial charge in [-0.1, -0.05) is 18.2 Å². The largest absolute Gasteiger partial charge is 0.493 e. The Labute approximate surface area is 315 Å². The number of carbonyl (C=O) groups is 4. The molecule has 0 saturated carbocycles. The number of para-hydroxylation sites is 1. The Bertz CT molecular complexity index is 2340. The Morgan fingerprint density at radius 2 is 1.69 bits per heavy atom. The molecule has 3 aromatic heterocycles. The number of aromatic nitrogens is 4. The van der Waals surface area contributed by atoms with E-state index in [1.807, 2.05) is 24.3 Å². The van der Waals surface area contributed by atoms with Crippen LogP contribution in [0.3, 0.4) is 0 Å². The Balaban J connectivity index is 0.891. The number of rotatable bonds is 14. The number of fused-ring (bicyclic) bond motifs is 4. The fourth-order valence-electron chi connectivity index (χ4n) is 6.61. The first kappa shape index (κ1) is 36.5. The maximum atomic E-state index is 13.7. The molecule has 1 unspecified atom stereocenters. The predicted octanol–water partition coefficient (Wildman–Crippen LogP) is 4.09. The Morgan fingerprint density at radius 3 is 2.47 bits per heavy atom. The second-order valence-electron chi connectivity index (χ2n) is 13.2. The highest BCUT2D eigenvalue weighted by Gasteiger charge is 2.36. The summed E-state index contributed by atoms with van der Waals surface area (Å²) in [6.07, 6.45) is 7.99. The molecule has 284 valence electrons. The van der Waals surface area contributed by atoms with Gasteiger partial charge in [-0.25, -0.2) is 4.98 Å². The number of methoxy groups -OCH3 is 1. The van der Waals surface area contributed by atoms with E-state index < -0.39 is 11.8 Å². The molecule has 2 aliphatic heterocycles. The summed E-state index contributed by atoms with van der Waals surface area (Å²) in [5.74, 6) is 0.258. The van der Waals surface area contributed by atoms with Gasteiger partial charge in [0.05, 0.1) is 42.4 Å². The lowest BCUT2D eigenvalue weighted by molar-refractivity contribution is -0.116. The van der Waals surface area contributed by atoms with Gasteiger partial charge >= 0.3 is 0 Å². The second-order valence-corrected chi connectivity index (χ2v) is 13.2. The van der Waals surface area contributed by atoms with E-state index in [9.17, 15) is 19.2 Å². The van der Waals surface area contributed by atoms with Crippen LogP contribution in [0.4, 0.5) is 28.6 Å². The van der Waals surface area contributed by atoms with Gasteiger partial charge in [0.25, 0.3) is 17.7 Å². The van der Waals surface area contributed by atoms with E-state index >= 15 is 0 Å². The number of imidazole rings is 1. The van der Waals surface area contributed by atoms with E-state index in [1.54, 1.807) is 88.8 Å². The number of aliphatic imine (C=N–C) groups is 1. The Kier molecular flexibility index (Phi) is 10.1. The highest BCUT2D eigenvalue weighted by atomic mass is 16.6. The molecule has 0 saturated heterocycles. The Hall–Kier alpha value is -6.88. The lowest BCUT2D eigenvalue weighted by Gasteiger charge is -2.22. The summed E-state index contributed by atoms with van der Waals surface area (Å²) in [6, 6.07) is 14.2. The smallest absolute Gasteiger partial charge is 0.273 e. The van der Waals surface area contributed by atoms with Crippen LogP contribution in [-0.2, 0) is 43.8 Å². The molecule has 0 radical (unpaired) electrons. The van der Waals surface area contributed by atoms with E-state index in [0.717, 1.165) is 11.3 Å². The van der Waals surface area contributed by atoms with Gasteiger partial charge < -0.3 is 39.5 Å². The van der Waals surface area contributed by atoms with Crippen molar-refractivity contribution < 1.29 is 33.5 Å². The van der Waals surface area contributed by atoms with Crippen molar-refractivity contribution in [3.63, 3.8) is 0 Å². The number of nitrogens with zero attached hydrogens (tertiary/aromatic N) is 6. The van der Waals surface area contributed by atoms with Gasteiger partial charge in [-0.05, 0) is 36.2 Å². The fraction of sp³-hybridized carbons (Fsp3) is 0.263. The van der Waals surface area contributed by atoms with Crippen LogP contribution in [0, 0.1) is 0 Å².